The van der Waals surface area contributed by atoms with Crippen LogP contribution in [0.25, 0.3) is 0 Å². The third-order valence-electron chi connectivity index (χ3n) is 6.92. The largest absolute Gasteiger partial charge is 0.497 e. The summed E-state index contributed by atoms with van der Waals surface area (Å²) < 4.78 is 11.6. The third kappa shape index (κ3) is 4.51. The minimum atomic E-state index is -1.16. The van der Waals surface area contributed by atoms with E-state index >= 15 is 0 Å². The van der Waals surface area contributed by atoms with E-state index in [1.54, 1.807) is 23.5 Å². The number of esters is 1. The Bertz CT molecular complexity index is 1060. The number of hydrogen-bond acceptors (Lipinski definition) is 6. The summed E-state index contributed by atoms with van der Waals surface area (Å²) >= 11 is 0. The van der Waals surface area contributed by atoms with Gasteiger partial charge in [0.25, 0.3) is 5.91 Å². The topological polar surface area (TPSA) is 103 Å². The Balaban J connectivity index is 1.69. The molecule has 0 spiro atoms. The van der Waals surface area contributed by atoms with Gasteiger partial charge in [0.2, 0.25) is 5.91 Å². The molecule has 2 aromatic rings. The van der Waals surface area contributed by atoms with E-state index in [0.29, 0.717) is 5.75 Å². The van der Waals surface area contributed by atoms with Crippen molar-refractivity contribution in [2.24, 2.45) is 0 Å². The van der Waals surface area contributed by atoms with Crippen molar-refractivity contribution in [2.45, 2.75) is 70.1 Å². The zero-order valence-electron chi connectivity index (χ0n) is 20.0. The number of nitrogens with zero attached hydrogens (tertiary/aromatic N) is 3. The second kappa shape index (κ2) is 9.87. The van der Waals surface area contributed by atoms with Gasteiger partial charge in [0.1, 0.15) is 17.0 Å². The molecule has 9 heteroatoms. The molecule has 0 saturated heterocycles. The van der Waals surface area contributed by atoms with Crippen LogP contribution in [-0.2, 0) is 22.6 Å². The van der Waals surface area contributed by atoms with E-state index in [4.69, 9.17) is 9.47 Å². The van der Waals surface area contributed by atoms with Crippen LogP contribution in [0.1, 0.15) is 72.0 Å². The fourth-order valence-electron chi connectivity index (χ4n) is 4.86. The highest BCUT2D eigenvalue weighted by Gasteiger charge is 2.49. The van der Waals surface area contributed by atoms with Crippen molar-refractivity contribution < 1.29 is 23.9 Å². The first kappa shape index (κ1) is 23.8. The molecule has 0 unspecified atom stereocenters. The SMILES string of the molecule is COC(=O)c1ncn2c1C(=O)N(Cc1ccc(OC)cc1)[C@](C)(C(=O)NC1CCCCCC1)C2. The van der Waals surface area contributed by atoms with Gasteiger partial charge < -0.3 is 24.3 Å². The first-order valence-corrected chi connectivity index (χ1v) is 11.8. The number of benzene rings is 1. The van der Waals surface area contributed by atoms with Crippen molar-refractivity contribution in [1.29, 1.82) is 0 Å². The molecule has 1 aromatic carbocycles. The van der Waals surface area contributed by atoms with Crippen molar-refractivity contribution in [3.63, 3.8) is 0 Å². The summed E-state index contributed by atoms with van der Waals surface area (Å²) in [6.07, 6.45) is 7.85. The molecule has 2 amide bonds. The van der Waals surface area contributed by atoms with Gasteiger partial charge in [0.15, 0.2) is 5.69 Å². The van der Waals surface area contributed by atoms with Crippen LogP contribution in [0.5, 0.6) is 5.75 Å². The number of aromatic nitrogens is 2. The standard InChI is InChI=1S/C25H32N4O5/c1-25(24(32)27-18-8-6-4-5-7-9-18)15-28-16-26-20(23(31)34-3)21(28)22(30)29(25)14-17-10-12-19(33-2)13-11-17/h10-13,16,18H,4-9,14-15H2,1-3H3,(H,27,32)/t25-/m0/s1. The van der Waals surface area contributed by atoms with Crippen LogP contribution in [0.2, 0.25) is 0 Å². The fraction of sp³-hybridized carbons (Fsp3) is 0.520. The van der Waals surface area contributed by atoms with Gasteiger partial charge in [0, 0.05) is 12.6 Å². The molecule has 2 heterocycles. The summed E-state index contributed by atoms with van der Waals surface area (Å²) in [5.41, 5.74) is -0.224. The summed E-state index contributed by atoms with van der Waals surface area (Å²) in [6.45, 7) is 2.16. The fourth-order valence-corrected chi connectivity index (χ4v) is 4.86. The number of carbonyl (C=O) groups is 3. The van der Waals surface area contributed by atoms with Gasteiger partial charge in [-0.1, -0.05) is 37.8 Å². The number of rotatable bonds is 6. The first-order valence-electron chi connectivity index (χ1n) is 11.8. The molecule has 2 aliphatic rings. The molecule has 1 fully saturated rings. The quantitative estimate of drug-likeness (QED) is 0.517. The van der Waals surface area contributed by atoms with Gasteiger partial charge in [-0.25, -0.2) is 9.78 Å². The maximum Gasteiger partial charge on any atom is 0.359 e. The highest BCUT2D eigenvalue weighted by Crippen LogP contribution is 2.31. The predicted molar refractivity (Wildman–Crippen MR) is 124 cm³/mol. The predicted octanol–water partition coefficient (Wildman–Crippen LogP) is 2.93. The van der Waals surface area contributed by atoms with E-state index in [1.807, 2.05) is 24.3 Å². The van der Waals surface area contributed by atoms with E-state index < -0.39 is 17.4 Å². The second-order valence-corrected chi connectivity index (χ2v) is 9.24. The lowest BCUT2D eigenvalue weighted by molar-refractivity contribution is -0.134. The number of nitrogens with one attached hydrogen (secondary N) is 1. The Morgan fingerprint density at radius 3 is 2.41 bits per heavy atom. The maximum absolute atomic E-state index is 13.8. The molecule has 1 N–H and O–H groups in total. The number of fused-ring (bicyclic) bond motifs is 1. The van der Waals surface area contributed by atoms with Gasteiger partial charge in [-0.3, -0.25) is 9.59 Å². The summed E-state index contributed by atoms with van der Waals surface area (Å²) in [6, 6.07) is 7.46. The van der Waals surface area contributed by atoms with E-state index in [9.17, 15) is 14.4 Å². The lowest BCUT2D eigenvalue weighted by atomic mass is 9.92. The van der Waals surface area contributed by atoms with Gasteiger partial charge in [-0.2, -0.15) is 0 Å². The van der Waals surface area contributed by atoms with Crippen LogP contribution in [0, 0.1) is 0 Å². The molecule has 34 heavy (non-hydrogen) atoms. The number of methoxy groups -OCH3 is 2. The van der Waals surface area contributed by atoms with E-state index in [2.05, 4.69) is 10.3 Å². The molecule has 1 aliphatic heterocycles. The average molecular weight is 469 g/mol. The summed E-state index contributed by atoms with van der Waals surface area (Å²) in [7, 11) is 2.84. The Kier molecular flexibility index (Phi) is 6.90. The lowest BCUT2D eigenvalue weighted by Crippen LogP contribution is -2.64. The van der Waals surface area contributed by atoms with Crippen LogP contribution >= 0.6 is 0 Å². The van der Waals surface area contributed by atoms with Crippen LogP contribution in [0.15, 0.2) is 30.6 Å². The van der Waals surface area contributed by atoms with Crippen LogP contribution in [-0.4, -0.2) is 58.0 Å². The highest BCUT2D eigenvalue weighted by molar-refractivity contribution is 6.06. The van der Waals surface area contributed by atoms with E-state index in [-0.39, 0.29) is 36.4 Å². The van der Waals surface area contributed by atoms with Gasteiger partial charge in [0.05, 0.1) is 27.1 Å². The van der Waals surface area contributed by atoms with Crippen LogP contribution in [0.3, 0.4) is 0 Å². The number of imidazole rings is 1. The van der Waals surface area contributed by atoms with E-state index in [1.165, 1.54) is 26.3 Å². The molecule has 1 atom stereocenters. The molecular weight excluding hydrogens is 436 g/mol. The van der Waals surface area contributed by atoms with Gasteiger partial charge in [-0.05, 0) is 37.5 Å². The third-order valence-corrected chi connectivity index (χ3v) is 6.92. The van der Waals surface area contributed by atoms with E-state index in [0.717, 1.165) is 31.2 Å². The number of amides is 2. The van der Waals surface area contributed by atoms with Gasteiger partial charge >= 0.3 is 5.97 Å². The maximum atomic E-state index is 13.8. The smallest absolute Gasteiger partial charge is 0.359 e. The first-order chi connectivity index (χ1) is 16.4. The summed E-state index contributed by atoms with van der Waals surface area (Å²) in [5, 5.41) is 3.22. The molecule has 9 nitrogen and oxygen atoms in total. The molecule has 1 aliphatic carbocycles. The normalized spacial score (nSPS) is 20.9. The molecule has 1 aromatic heterocycles. The summed E-state index contributed by atoms with van der Waals surface area (Å²) in [4.78, 5) is 45.4. The molecule has 4 rings (SSSR count). The summed E-state index contributed by atoms with van der Waals surface area (Å²) in [5.74, 6) is -0.606. The minimum absolute atomic E-state index is 0.0431. The van der Waals surface area contributed by atoms with Crippen molar-refractivity contribution in [1.82, 2.24) is 19.8 Å². The molecular formula is C25H32N4O5. The van der Waals surface area contributed by atoms with Crippen LogP contribution < -0.4 is 10.1 Å². The number of hydrogen-bond donors (Lipinski definition) is 1. The lowest BCUT2D eigenvalue weighted by Gasteiger charge is -2.44. The zero-order valence-corrected chi connectivity index (χ0v) is 20.0. The minimum Gasteiger partial charge on any atom is -0.497 e. The second-order valence-electron chi connectivity index (χ2n) is 9.24. The zero-order chi connectivity index (χ0) is 24.3. The van der Waals surface area contributed by atoms with Crippen LogP contribution in [0.4, 0.5) is 0 Å². The molecule has 182 valence electrons. The van der Waals surface area contributed by atoms with Crippen molar-refractivity contribution >= 4 is 17.8 Å². The highest BCUT2D eigenvalue weighted by atomic mass is 16.5. The number of ether oxygens (including phenoxy) is 2. The Hall–Kier alpha value is -3.36. The molecule has 1 saturated carbocycles. The van der Waals surface area contributed by atoms with Crippen molar-refractivity contribution in [2.75, 3.05) is 14.2 Å². The average Bonchev–Trinajstić information content (AvgIpc) is 3.09. The Morgan fingerprint density at radius 1 is 1.12 bits per heavy atom. The Morgan fingerprint density at radius 2 is 1.79 bits per heavy atom. The number of carbonyl (C=O) groups excluding carboxylic acids is 3. The van der Waals surface area contributed by atoms with Crippen molar-refractivity contribution in [3.05, 3.63) is 47.5 Å². The van der Waals surface area contributed by atoms with Gasteiger partial charge in [-0.15, -0.1) is 0 Å². The molecule has 0 bridgehead atoms. The monoisotopic (exact) mass is 468 g/mol. The Labute approximate surface area is 199 Å². The van der Waals surface area contributed by atoms with Crippen molar-refractivity contribution in [3.8, 4) is 5.75 Å². The molecule has 0 radical (unpaired) electrons.